The van der Waals surface area contributed by atoms with Crippen LogP contribution in [0.3, 0.4) is 0 Å². The van der Waals surface area contributed by atoms with Gasteiger partial charge in [-0.25, -0.2) is 0 Å². The van der Waals surface area contributed by atoms with Gasteiger partial charge < -0.3 is 0 Å². The largest absolute Gasteiger partial charge is 0.291 e. The molecule has 1 aliphatic heterocycles. The summed E-state index contributed by atoms with van der Waals surface area (Å²) in [6, 6.07) is 2.07. The van der Waals surface area contributed by atoms with Gasteiger partial charge in [-0.15, -0.1) is 0 Å². The molecule has 0 bridgehead atoms. The van der Waals surface area contributed by atoms with Crippen LogP contribution in [-0.2, 0) is 0 Å². The zero-order valence-corrected chi connectivity index (χ0v) is 14.6. The van der Waals surface area contributed by atoms with E-state index < -0.39 is 14.4 Å². The first kappa shape index (κ1) is 18.3. The Morgan fingerprint density at radius 1 is 1.20 bits per heavy atom. The molecule has 1 aliphatic rings. The Kier molecular flexibility index (Phi) is 6.82. The summed E-state index contributed by atoms with van der Waals surface area (Å²) in [5, 5.41) is 15.0. The van der Waals surface area contributed by atoms with Crippen molar-refractivity contribution in [2.24, 2.45) is 5.10 Å². The van der Waals surface area contributed by atoms with Crippen molar-refractivity contribution in [2.45, 2.75) is 47.0 Å². The summed E-state index contributed by atoms with van der Waals surface area (Å²) in [5.74, 6) is 0. The second-order valence-electron chi connectivity index (χ2n) is 4.40. The Bertz CT molecular complexity index is 387. The lowest BCUT2D eigenvalue weighted by Crippen LogP contribution is -2.53. The third kappa shape index (κ3) is 4.11. The molecule has 0 N–H and O–H groups in total. The lowest BCUT2D eigenvalue weighted by Gasteiger charge is -2.38. The third-order valence-corrected chi connectivity index (χ3v) is 5.25. The summed E-state index contributed by atoms with van der Waals surface area (Å²) in [7, 11) is 0. The molecule has 0 amide bonds. The van der Waals surface area contributed by atoms with Gasteiger partial charge in [0.15, 0.2) is 0 Å². The fourth-order valence-electron chi connectivity index (χ4n) is 1.77. The fourth-order valence-corrected chi connectivity index (χ4v) is 2.34. The average molecular weight is 381 g/mol. The molecule has 0 radical (unpaired) electrons. The van der Waals surface area contributed by atoms with Gasteiger partial charge in [-0.05, 0) is 6.42 Å². The van der Waals surface area contributed by atoms with Crippen LogP contribution in [0.4, 0.5) is 0 Å². The molecule has 1 rings (SSSR count). The van der Waals surface area contributed by atoms with E-state index in [0.29, 0.717) is 6.54 Å². The Morgan fingerprint density at radius 2 is 1.85 bits per heavy atom. The van der Waals surface area contributed by atoms with Crippen molar-refractivity contribution in [1.82, 2.24) is 9.91 Å². The molecule has 1 atom stereocenters. The number of rotatable bonds is 6. The van der Waals surface area contributed by atoms with Crippen molar-refractivity contribution in [3.63, 3.8) is 0 Å². The second kappa shape index (κ2) is 7.47. The molecule has 114 valence electrons. The van der Waals surface area contributed by atoms with Gasteiger partial charge in [0.1, 0.15) is 12.4 Å². The highest BCUT2D eigenvalue weighted by molar-refractivity contribution is 6.75. The minimum atomic E-state index is -1.98. The smallest absolute Gasteiger partial charge is 0.241 e. The molecule has 1 unspecified atom stereocenters. The van der Waals surface area contributed by atoms with Gasteiger partial charge in [0.05, 0.1) is 0 Å². The summed E-state index contributed by atoms with van der Waals surface area (Å²) in [6.45, 7) is 2.75. The van der Waals surface area contributed by atoms with E-state index in [1.165, 1.54) is 11.2 Å². The van der Waals surface area contributed by atoms with Gasteiger partial charge in [-0.3, -0.25) is 9.91 Å². The molecule has 0 aliphatic carbocycles. The van der Waals surface area contributed by atoms with Gasteiger partial charge in [-0.2, -0.15) is 10.4 Å². The SMILES string of the molecule is CCCCCCN1N=CN(C(Cl)(Cl)C(Cl)(Cl)Cl)C1C#N. The number of alkyl halides is 5. The Hall–Kier alpha value is 0.210. The quantitative estimate of drug-likeness (QED) is 0.388. The summed E-state index contributed by atoms with van der Waals surface area (Å²) < 4.78 is -3.85. The van der Waals surface area contributed by atoms with Crippen molar-refractivity contribution in [2.75, 3.05) is 6.54 Å². The maximum Gasteiger partial charge on any atom is 0.241 e. The number of nitrogens with zero attached hydrogens (tertiary/aromatic N) is 4. The predicted octanol–water partition coefficient (Wildman–Crippen LogP) is 4.48. The van der Waals surface area contributed by atoms with Gasteiger partial charge in [0, 0.05) is 6.54 Å². The number of hydrogen-bond acceptors (Lipinski definition) is 4. The minimum absolute atomic E-state index is 0.620. The molecule has 4 nitrogen and oxygen atoms in total. The van der Waals surface area contributed by atoms with Gasteiger partial charge >= 0.3 is 0 Å². The molecule has 0 saturated carbocycles. The van der Waals surface area contributed by atoms with Crippen molar-refractivity contribution in [3.05, 3.63) is 0 Å². The lowest BCUT2D eigenvalue weighted by atomic mass is 10.2. The molecule has 0 aromatic rings. The van der Waals surface area contributed by atoms with Crippen LogP contribution in [0, 0.1) is 11.3 Å². The van der Waals surface area contributed by atoms with Crippen LogP contribution in [0.2, 0.25) is 0 Å². The van der Waals surface area contributed by atoms with Crippen molar-refractivity contribution >= 4 is 64.3 Å². The summed E-state index contributed by atoms with van der Waals surface area (Å²) in [5.41, 5.74) is 0. The molecular weight excluding hydrogens is 365 g/mol. The van der Waals surface area contributed by atoms with Gasteiger partial charge in [0.2, 0.25) is 14.4 Å². The lowest BCUT2D eigenvalue weighted by molar-refractivity contribution is 0.155. The number of nitriles is 1. The highest BCUT2D eigenvalue weighted by atomic mass is 35.6. The van der Waals surface area contributed by atoms with E-state index in [4.69, 9.17) is 58.0 Å². The topological polar surface area (TPSA) is 42.6 Å². The van der Waals surface area contributed by atoms with E-state index in [9.17, 15) is 5.26 Å². The molecule has 20 heavy (non-hydrogen) atoms. The minimum Gasteiger partial charge on any atom is -0.291 e. The normalized spacial score (nSPS) is 19.6. The Balaban J connectivity index is 2.70. The highest BCUT2D eigenvalue weighted by Gasteiger charge is 2.54. The van der Waals surface area contributed by atoms with Crippen molar-refractivity contribution < 1.29 is 0 Å². The second-order valence-corrected chi connectivity index (χ2v) is 7.97. The van der Waals surface area contributed by atoms with Crippen LogP contribution in [-0.4, -0.2) is 37.2 Å². The highest BCUT2D eigenvalue weighted by Crippen LogP contribution is 2.49. The molecule has 0 saturated heterocycles. The first-order valence-corrected chi connectivity index (χ1v) is 8.08. The van der Waals surface area contributed by atoms with E-state index in [-0.39, 0.29) is 0 Å². The van der Waals surface area contributed by atoms with E-state index in [2.05, 4.69) is 18.1 Å². The maximum atomic E-state index is 9.28. The van der Waals surface area contributed by atoms with Crippen LogP contribution in [0.15, 0.2) is 5.10 Å². The third-order valence-electron chi connectivity index (χ3n) is 2.89. The zero-order valence-electron chi connectivity index (χ0n) is 10.9. The summed E-state index contributed by atoms with van der Waals surface area (Å²) in [4.78, 5) is 1.24. The van der Waals surface area contributed by atoms with Crippen molar-refractivity contribution in [1.29, 1.82) is 5.26 Å². The number of halogens is 5. The maximum absolute atomic E-state index is 9.28. The number of hydrazone groups is 1. The van der Waals surface area contributed by atoms with Crippen LogP contribution in [0.1, 0.15) is 32.6 Å². The molecular formula is C11H15Cl5N4. The Labute approximate surface area is 144 Å². The molecule has 0 spiro atoms. The molecule has 0 aromatic carbocycles. The van der Waals surface area contributed by atoms with E-state index >= 15 is 0 Å². The van der Waals surface area contributed by atoms with Crippen LogP contribution < -0.4 is 0 Å². The zero-order chi connectivity index (χ0) is 15.4. The summed E-state index contributed by atoms with van der Waals surface area (Å²) >= 11 is 29.4. The standard InChI is InChI=1S/C11H15Cl5N4/c1-2-3-4-5-6-20-9(7-17)19(8-18-20)11(15,16)10(12,13)14/h8-9H,2-6H2,1H3. The van der Waals surface area contributed by atoms with Gasteiger partial charge in [-0.1, -0.05) is 84.2 Å². The van der Waals surface area contributed by atoms with Crippen LogP contribution in [0.25, 0.3) is 0 Å². The van der Waals surface area contributed by atoms with E-state index in [0.717, 1.165) is 25.7 Å². The molecule has 1 heterocycles. The van der Waals surface area contributed by atoms with Crippen LogP contribution in [0.5, 0.6) is 0 Å². The number of unbranched alkanes of at least 4 members (excludes halogenated alkanes) is 3. The summed E-state index contributed by atoms with van der Waals surface area (Å²) in [6.07, 6.45) is 4.80. The van der Waals surface area contributed by atoms with Crippen molar-refractivity contribution in [3.8, 4) is 6.07 Å². The monoisotopic (exact) mass is 378 g/mol. The van der Waals surface area contributed by atoms with E-state index in [1.807, 2.05) is 0 Å². The van der Waals surface area contributed by atoms with Crippen LogP contribution >= 0.6 is 58.0 Å². The predicted molar refractivity (Wildman–Crippen MR) is 85.3 cm³/mol. The van der Waals surface area contributed by atoms with Gasteiger partial charge in [0.25, 0.3) is 0 Å². The molecule has 0 aromatic heterocycles. The first-order chi connectivity index (χ1) is 9.25. The first-order valence-electron chi connectivity index (χ1n) is 6.19. The average Bonchev–Trinajstić information content (AvgIpc) is 2.76. The molecule has 9 heteroatoms. The van der Waals surface area contributed by atoms with E-state index in [1.54, 1.807) is 5.01 Å². The fraction of sp³-hybridized carbons (Fsp3) is 0.818. The number of hydrogen-bond donors (Lipinski definition) is 0. The Morgan fingerprint density at radius 3 is 2.35 bits per heavy atom. The molecule has 0 fully saturated rings.